The fraction of sp³-hybridized carbons (Fsp3) is 0.118. The van der Waals surface area contributed by atoms with Gasteiger partial charge in [0.05, 0.1) is 17.7 Å². The number of thiazole rings is 1. The predicted molar refractivity (Wildman–Crippen MR) is 91.3 cm³/mol. The smallest absolute Gasteiger partial charge is 0.310 e. The summed E-state index contributed by atoms with van der Waals surface area (Å²) in [6.07, 6.45) is -1.61. The van der Waals surface area contributed by atoms with Crippen LogP contribution in [-0.4, -0.2) is 15.5 Å². The number of hydrogen-bond acceptors (Lipinski definition) is 4. The molecule has 0 fully saturated rings. The molecule has 0 saturated heterocycles. The van der Waals surface area contributed by atoms with Crippen LogP contribution < -0.4 is 10.9 Å². The summed E-state index contributed by atoms with van der Waals surface area (Å²) in [6, 6.07) is 7.27. The fourth-order valence-electron chi connectivity index (χ4n) is 2.29. The lowest BCUT2D eigenvalue weighted by Gasteiger charge is -2.11. The molecule has 0 unspecified atom stereocenters. The third-order valence-electron chi connectivity index (χ3n) is 3.51. The first kappa shape index (κ1) is 17.9. The standard InChI is InChI=1S/C17H12F3N3O2S/c18-17(19,20)13-3-1-2-11(8-13)9-23-10-12(4-5-14(23)24)15(25)22-16-21-6-7-26-16/h1-8,10H,9H2,(H,21,22,25). The highest BCUT2D eigenvalue weighted by Crippen LogP contribution is 2.29. The number of amides is 1. The summed E-state index contributed by atoms with van der Waals surface area (Å²) in [7, 11) is 0. The lowest BCUT2D eigenvalue weighted by atomic mass is 10.1. The molecule has 3 aromatic rings. The van der Waals surface area contributed by atoms with Crippen LogP contribution in [0.5, 0.6) is 0 Å². The molecule has 0 radical (unpaired) electrons. The SMILES string of the molecule is O=C(Nc1nccs1)c1ccc(=O)n(Cc2cccc(C(F)(F)F)c2)c1. The van der Waals surface area contributed by atoms with E-state index in [1.54, 1.807) is 5.38 Å². The van der Waals surface area contributed by atoms with Gasteiger partial charge in [-0.05, 0) is 23.8 Å². The van der Waals surface area contributed by atoms with Crippen molar-refractivity contribution < 1.29 is 18.0 Å². The van der Waals surface area contributed by atoms with E-state index in [0.717, 1.165) is 12.1 Å². The van der Waals surface area contributed by atoms with Crippen molar-refractivity contribution in [3.05, 3.63) is 81.2 Å². The summed E-state index contributed by atoms with van der Waals surface area (Å²) in [5.41, 5.74) is -0.708. The zero-order chi connectivity index (χ0) is 18.7. The molecule has 0 aliphatic rings. The molecule has 0 spiro atoms. The van der Waals surface area contributed by atoms with Crippen LogP contribution in [0.15, 0.2) is 59.0 Å². The van der Waals surface area contributed by atoms with Crippen molar-refractivity contribution in [1.82, 2.24) is 9.55 Å². The normalized spacial score (nSPS) is 11.3. The second-order valence-electron chi connectivity index (χ2n) is 5.37. The number of carbonyl (C=O) groups is 1. The molecule has 0 bridgehead atoms. The van der Waals surface area contributed by atoms with Gasteiger partial charge in [-0.3, -0.25) is 14.9 Å². The van der Waals surface area contributed by atoms with Crippen molar-refractivity contribution in [2.45, 2.75) is 12.7 Å². The van der Waals surface area contributed by atoms with Gasteiger partial charge in [0.25, 0.3) is 11.5 Å². The molecule has 134 valence electrons. The summed E-state index contributed by atoms with van der Waals surface area (Å²) in [5, 5.41) is 4.69. The Hall–Kier alpha value is -2.94. The molecule has 0 aliphatic carbocycles. The Bertz CT molecular complexity index is 981. The number of pyridine rings is 1. The maximum Gasteiger partial charge on any atom is 0.416 e. The first-order valence-electron chi connectivity index (χ1n) is 7.40. The van der Waals surface area contributed by atoms with E-state index in [4.69, 9.17) is 0 Å². The van der Waals surface area contributed by atoms with Crippen LogP contribution in [0, 0.1) is 0 Å². The van der Waals surface area contributed by atoms with Crippen LogP contribution in [0.3, 0.4) is 0 Å². The minimum absolute atomic E-state index is 0.0822. The van der Waals surface area contributed by atoms with Crippen molar-refractivity contribution in [2.75, 3.05) is 5.32 Å². The quantitative estimate of drug-likeness (QED) is 0.753. The lowest BCUT2D eigenvalue weighted by molar-refractivity contribution is -0.137. The van der Waals surface area contributed by atoms with Crippen LogP contribution in [0.1, 0.15) is 21.5 Å². The first-order chi connectivity index (χ1) is 12.3. The molecule has 0 aliphatic heterocycles. The number of alkyl halides is 3. The topological polar surface area (TPSA) is 64.0 Å². The molecule has 5 nitrogen and oxygen atoms in total. The molecule has 1 N–H and O–H groups in total. The van der Waals surface area contributed by atoms with Gasteiger partial charge in [0.1, 0.15) is 0 Å². The fourth-order valence-corrected chi connectivity index (χ4v) is 2.81. The van der Waals surface area contributed by atoms with E-state index in [1.807, 2.05) is 0 Å². The molecule has 1 amide bonds. The van der Waals surface area contributed by atoms with Gasteiger partial charge in [-0.2, -0.15) is 13.2 Å². The highest BCUT2D eigenvalue weighted by atomic mass is 32.1. The molecule has 2 aromatic heterocycles. The van der Waals surface area contributed by atoms with Gasteiger partial charge in [0, 0.05) is 23.8 Å². The monoisotopic (exact) mass is 379 g/mol. The van der Waals surface area contributed by atoms with E-state index < -0.39 is 23.2 Å². The van der Waals surface area contributed by atoms with Crippen LogP contribution in [-0.2, 0) is 12.7 Å². The van der Waals surface area contributed by atoms with Gasteiger partial charge in [-0.25, -0.2) is 4.98 Å². The zero-order valence-corrected chi connectivity index (χ0v) is 14.0. The van der Waals surface area contributed by atoms with Crippen LogP contribution in [0.2, 0.25) is 0 Å². The van der Waals surface area contributed by atoms with Gasteiger partial charge in [-0.15, -0.1) is 11.3 Å². The summed E-state index contributed by atoms with van der Waals surface area (Å²) in [6.45, 7) is -0.0822. The van der Waals surface area contributed by atoms with Gasteiger partial charge in [-0.1, -0.05) is 12.1 Å². The summed E-state index contributed by atoms with van der Waals surface area (Å²) in [5.74, 6) is -0.460. The van der Waals surface area contributed by atoms with Crippen LogP contribution >= 0.6 is 11.3 Å². The second kappa shape index (κ2) is 7.12. The maximum absolute atomic E-state index is 12.8. The third kappa shape index (κ3) is 4.17. The Morgan fingerprint density at radius 2 is 2.04 bits per heavy atom. The minimum Gasteiger partial charge on any atom is -0.310 e. The minimum atomic E-state index is -4.46. The van der Waals surface area contributed by atoms with Gasteiger partial charge in [0.15, 0.2) is 5.13 Å². The Morgan fingerprint density at radius 1 is 1.23 bits per heavy atom. The Kier molecular flexibility index (Phi) is 4.90. The highest BCUT2D eigenvalue weighted by Gasteiger charge is 2.30. The molecule has 3 rings (SSSR count). The van der Waals surface area contributed by atoms with E-state index in [9.17, 15) is 22.8 Å². The number of carbonyl (C=O) groups excluding carboxylic acids is 1. The molecule has 26 heavy (non-hydrogen) atoms. The zero-order valence-electron chi connectivity index (χ0n) is 13.2. The Labute approximate surface area is 149 Å². The second-order valence-corrected chi connectivity index (χ2v) is 6.27. The molecule has 0 atom stereocenters. The van der Waals surface area contributed by atoms with Gasteiger partial charge >= 0.3 is 6.18 Å². The number of rotatable bonds is 4. The van der Waals surface area contributed by atoms with Gasteiger partial charge in [0.2, 0.25) is 0 Å². The average Bonchev–Trinajstić information content (AvgIpc) is 3.09. The number of nitrogens with one attached hydrogen (secondary N) is 1. The number of aromatic nitrogens is 2. The van der Waals surface area contributed by atoms with E-state index >= 15 is 0 Å². The van der Waals surface area contributed by atoms with Crippen molar-refractivity contribution in [3.8, 4) is 0 Å². The van der Waals surface area contributed by atoms with Crippen LogP contribution in [0.25, 0.3) is 0 Å². The number of benzene rings is 1. The third-order valence-corrected chi connectivity index (χ3v) is 4.19. The molecular weight excluding hydrogens is 367 g/mol. The Morgan fingerprint density at radius 3 is 2.73 bits per heavy atom. The molecule has 9 heteroatoms. The van der Waals surface area contributed by atoms with Crippen molar-refractivity contribution in [1.29, 1.82) is 0 Å². The van der Waals surface area contributed by atoms with Gasteiger partial charge < -0.3 is 4.57 Å². The highest BCUT2D eigenvalue weighted by molar-refractivity contribution is 7.13. The number of halogens is 3. The number of anilines is 1. The first-order valence-corrected chi connectivity index (χ1v) is 8.28. The van der Waals surface area contributed by atoms with E-state index in [2.05, 4.69) is 10.3 Å². The van der Waals surface area contributed by atoms with Crippen molar-refractivity contribution in [3.63, 3.8) is 0 Å². The number of nitrogens with zero attached hydrogens (tertiary/aromatic N) is 2. The molecule has 0 saturated carbocycles. The summed E-state index contributed by atoms with van der Waals surface area (Å²) < 4.78 is 39.6. The Balaban J connectivity index is 1.84. The van der Waals surface area contributed by atoms with Crippen molar-refractivity contribution >= 4 is 22.4 Å². The summed E-state index contributed by atoms with van der Waals surface area (Å²) >= 11 is 1.24. The molecular formula is C17H12F3N3O2S. The predicted octanol–water partition coefficient (Wildman–Crippen LogP) is 3.62. The van der Waals surface area contributed by atoms with E-state index in [-0.39, 0.29) is 12.1 Å². The van der Waals surface area contributed by atoms with Crippen LogP contribution in [0.4, 0.5) is 18.3 Å². The largest absolute Gasteiger partial charge is 0.416 e. The molecule has 1 aromatic carbocycles. The van der Waals surface area contributed by atoms with E-state index in [0.29, 0.717) is 10.7 Å². The lowest BCUT2D eigenvalue weighted by Crippen LogP contribution is -2.22. The van der Waals surface area contributed by atoms with E-state index in [1.165, 1.54) is 52.6 Å². The maximum atomic E-state index is 12.8. The van der Waals surface area contributed by atoms with Crippen molar-refractivity contribution in [2.24, 2.45) is 0 Å². The summed E-state index contributed by atoms with van der Waals surface area (Å²) in [4.78, 5) is 28.1. The average molecular weight is 379 g/mol. The number of hydrogen-bond donors (Lipinski definition) is 1. The molecule has 2 heterocycles.